The van der Waals surface area contributed by atoms with E-state index in [1.165, 1.54) is 31.4 Å². The average Bonchev–Trinajstić information content (AvgIpc) is 2.58. The Labute approximate surface area is 142 Å². The highest BCUT2D eigenvalue weighted by Crippen LogP contribution is 2.16. The Balaban J connectivity index is 3.02. The van der Waals surface area contributed by atoms with Crippen LogP contribution in [0.2, 0.25) is 0 Å². The van der Waals surface area contributed by atoms with Gasteiger partial charge >= 0.3 is 11.9 Å². The minimum atomic E-state index is -3.93. The lowest BCUT2D eigenvalue weighted by molar-refractivity contribution is -0.143. The van der Waals surface area contributed by atoms with Gasteiger partial charge in [0.15, 0.2) is 0 Å². The first-order chi connectivity index (χ1) is 11.3. The van der Waals surface area contributed by atoms with Gasteiger partial charge in [-0.05, 0) is 37.1 Å². The molecule has 134 valence electrons. The standard InChI is InChI=1S/C16H23NO6S/c1-5-11(3)14(16(19)22-4)17-24(20,21)13-9-7-12(8-10-13)15(18)23-6-2/h7-11,14,17H,5-6H2,1-4H3/t11-,14-/m0/s1. The second-order valence-electron chi connectivity index (χ2n) is 5.25. The smallest absolute Gasteiger partial charge is 0.338 e. The van der Waals surface area contributed by atoms with Crippen LogP contribution in [0.5, 0.6) is 0 Å². The Bertz CT molecular complexity index is 668. The van der Waals surface area contributed by atoms with E-state index in [9.17, 15) is 18.0 Å². The summed E-state index contributed by atoms with van der Waals surface area (Å²) in [4.78, 5) is 23.4. The molecule has 1 N–H and O–H groups in total. The first-order valence-corrected chi connectivity index (χ1v) is 9.12. The topological polar surface area (TPSA) is 98.8 Å². The van der Waals surface area contributed by atoms with Gasteiger partial charge in [0.1, 0.15) is 6.04 Å². The van der Waals surface area contributed by atoms with Crippen molar-refractivity contribution in [2.75, 3.05) is 13.7 Å². The Morgan fingerprint density at radius 2 is 1.75 bits per heavy atom. The predicted molar refractivity (Wildman–Crippen MR) is 88.0 cm³/mol. The van der Waals surface area contributed by atoms with Crippen molar-refractivity contribution < 1.29 is 27.5 Å². The summed E-state index contributed by atoms with van der Waals surface area (Å²) in [5, 5.41) is 0. The number of hydrogen-bond acceptors (Lipinski definition) is 6. The van der Waals surface area contributed by atoms with Crippen LogP contribution in [0.15, 0.2) is 29.2 Å². The Morgan fingerprint density at radius 1 is 1.17 bits per heavy atom. The Kier molecular flexibility index (Phi) is 7.37. The van der Waals surface area contributed by atoms with Crippen molar-refractivity contribution in [2.45, 2.75) is 38.1 Å². The molecule has 24 heavy (non-hydrogen) atoms. The van der Waals surface area contributed by atoms with Crippen LogP contribution >= 0.6 is 0 Å². The van der Waals surface area contributed by atoms with Gasteiger partial charge in [0, 0.05) is 0 Å². The summed E-state index contributed by atoms with van der Waals surface area (Å²) >= 11 is 0. The largest absolute Gasteiger partial charge is 0.468 e. The van der Waals surface area contributed by atoms with E-state index in [0.717, 1.165) is 0 Å². The molecular weight excluding hydrogens is 334 g/mol. The molecule has 0 amide bonds. The monoisotopic (exact) mass is 357 g/mol. The van der Waals surface area contributed by atoms with Crippen molar-refractivity contribution in [1.29, 1.82) is 0 Å². The minimum absolute atomic E-state index is 0.0484. The lowest BCUT2D eigenvalue weighted by atomic mass is 10.0. The first-order valence-electron chi connectivity index (χ1n) is 7.64. The third-order valence-electron chi connectivity index (χ3n) is 3.63. The molecule has 0 aliphatic carbocycles. The number of benzene rings is 1. The molecule has 0 aliphatic heterocycles. The lowest BCUT2D eigenvalue weighted by Crippen LogP contribution is -2.45. The van der Waals surface area contributed by atoms with Gasteiger partial charge in [-0.2, -0.15) is 4.72 Å². The normalized spacial score (nSPS) is 13.8. The van der Waals surface area contributed by atoms with Crippen molar-refractivity contribution in [2.24, 2.45) is 5.92 Å². The SMILES string of the molecule is CCOC(=O)c1ccc(S(=O)(=O)N[C@H](C(=O)OC)[C@@H](C)CC)cc1. The molecule has 0 saturated carbocycles. The second-order valence-corrected chi connectivity index (χ2v) is 6.97. The van der Waals surface area contributed by atoms with Crippen molar-refractivity contribution in [3.05, 3.63) is 29.8 Å². The van der Waals surface area contributed by atoms with Gasteiger partial charge in [-0.1, -0.05) is 20.3 Å². The van der Waals surface area contributed by atoms with E-state index in [4.69, 9.17) is 4.74 Å². The fourth-order valence-corrected chi connectivity index (χ4v) is 3.27. The van der Waals surface area contributed by atoms with Gasteiger partial charge in [-0.25, -0.2) is 13.2 Å². The fraction of sp³-hybridized carbons (Fsp3) is 0.500. The first kappa shape index (κ1) is 20.1. The molecule has 0 heterocycles. The van der Waals surface area contributed by atoms with Crippen LogP contribution in [0.25, 0.3) is 0 Å². The van der Waals surface area contributed by atoms with E-state index in [2.05, 4.69) is 9.46 Å². The molecule has 8 heteroatoms. The predicted octanol–water partition coefficient (Wildman–Crippen LogP) is 1.73. The molecular formula is C16H23NO6S. The number of methoxy groups -OCH3 is 1. The van der Waals surface area contributed by atoms with Crippen molar-refractivity contribution in [3.8, 4) is 0 Å². The number of esters is 2. The molecule has 0 spiro atoms. The third kappa shape index (κ3) is 5.04. The lowest BCUT2D eigenvalue weighted by Gasteiger charge is -2.21. The summed E-state index contributed by atoms with van der Waals surface area (Å²) in [7, 11) is -2.72. The quantitative estimate of drug-likeness (QED) is 0.712. The zero-order valence-corrected chi connectivity index (χ0v) is 15.1. The Hall–Kier alpha value is -1.93. The van der Waals surface area contributed by atoms with Gasteiger partial charge in [0.2, 0.25) is 10.0 Å². The number of nitrogens with one attached hydrogen (secondary N) is 1. The highest BCUT2D eigenvalue weighted by Gasteiger charge is 2.30. The molecule has 1 rings (SSSR count). The van der Waals surface area contributed by atoms with Crippen molar-refractivity contribution >= 4 is 22.0 Å². The molecule has 0 bridgehead atoms. The van der Waals surface area contributed by atoms with Gasteiger partial charge in [0.05, 0.1) is 24.2 Å². The number of hydrogen-bond donors (Lipinski definition) is 1. The molecule has 1 aromatic rings. The van der Waals surface area contributed by atoms with Crippen LogP contribution in [0.3, 0.4) is 0 Å². The van der Waals surface area contributed by atoms with Gasteiger partial charge in [-0.15, -0.1) is 0 Å². The minimum Gasteiger partial charge on any atom is -0.468 e. The van der Waals surface area contributed by atoms with Gasteiger partial charge in [-0.3, -0.25) is 4.79 Å². The van der Waals surface area contributed by atoms with Crippen LogP contribution in [-0.2, 0) is 24.3 Å². The molecule has 2 atom stereocenters. The van der Waals surface area contributed by atoms with E-state index < -0.39 is 28.0 Å². The fourth-order valence-electron chi connectivity index (χ4n) is 1.98. The summed E-state index contributed by atoms with van der Waals surface area (Å²) in [5.41, 5.74) is 0.252. The van der Waals surface area contributed by atoms with E-state index in [1.54, 1.807) is 13.8 Å². The van der Waals surface area contributed by atoms with E-state index in [-0.39, 0.29) is 23.0 Å². The maximum absolute atomic E-state index is 12.5. The van der Waals surface area contributed by atoms with Crippen molar-refractivity contribution in [3.63, 3.8) is 0 Å². The molecule has 0 fully saturated rings. The molecule has 1 aromatic carbocycles. The van der Waals surface area contributed by atoms with Crippen LogP contribution < -0.4 is 4.72 Å². The number of rotatable bonds is 8. The van der Waals surface area contributed by atoms with Crippen LogP contribution in [0.4, 0.5) is 0 Å². The van der Waals surface area contributed by atoms with Gasteiger partial charge in [0.25, 0.3) is 0 Å². The van der Waals surface area contributed by atoms with Crippen LogP contribution in [0.1, 0.15) is 37.6 Å². The Morgan fingerprint density at radius 3 is 2.21 bits per heavy atom. The highest BCUT2D eigenvalue weighted by atomic mass is 32.2. The molecule has 0 aliphatic rings. The molecule has 0 saturated heterocycles. The van der Waals surface area contributed by atoms with Crippen molar-refractivity contribution in [1.82, 2.24) is 4.72 Å². The molecule has 0 radical (unpaired) electrons. The summed E-state index contributed by atoms with van der Waals surface area (Å²) < 4.78 is 36.8. The maximum Gasteiger partial charge on any atom is 0.338 e. The number of ether oxygens (including phenoxy) is 2. The van der Waals surface area contributed by atoms with Crippen LogP contribution in [-0.4, -0.2) is 40.1 Å². The zero-order chi connectivity index (χ0) is 18.3. The zero-order valence-electron chi connectivity index (χ0n) is 14.2. The number of carbonyl (C=O) groups is 2. The van der Waals surface area contributed by atoms with E-state index in [1.807, 2.05) is 6.92 Å². The summed E-state index contributed by atoms with van der Waals surface area (Å²) in [6, 6.07) is 4.33. The summed E-state index contributed by atoms with van der Waals surface area (Å²) in [6.07, 6.45) is 0.601. The maximum atomic E-state index is 12.5. The number of sulfonamides is 1. The van der Waals surface area contributed by atoms with E-state index >= 15 is 0 Å². The number of carbonyl (C=O) groups excluding carboxylic acids is 2. The molecule has 7 nitrogen and oxygen atoms in total. The van der Waals surface area contributed by atoms with Crippen LogP contribution in [0, 0.1) is 5.92 Å². The third-order valence-corrected chi connectivity index (χ3v) is 5.08. The van der Waals surface area contributed by atoms with Gasteiger partial charge < -0.3 is 9.47 Å². The summed E-state index contributed by atoms with van der Waals surface area (Å²) in [5.74, 6) is -1.40. The second kappa shape index (κ2) is 8.79. The molecule has 0 aromatic heterocycles. The summed E-state index contributed by atoms with van der Waals surface area (Å²) in [6.45, 7) is 5.52. The average molecular weight is 357 g/mol. The highest BCUT2D eigenvalue weighted by molar-refractivity contribution is 7.89. The van der Waals surface area contributed by atoms with E-state index in [0.29, 0.717) is 6.42 Å². The molecule has 0 unspecified atom stereocenters.